The van der Waals surface area contributed by atoms with E-state index in [2.05, 4.69) is 9.98 Å². The Kier molecular flexibility index (Phi) is 6.80. The van der Waals surface area contributed by atoms with E-state index in [1.165, 1.54) is 24.0 Å². The Labute approximate surface area is 191 Å². The first-order valence-electron chi connectivity index (χ1n) is 9.77. The number of aliphatic hydroxyl groups is 1. The molecule has 1 aromatic carbocycles. The number of hydrogen-bond donors (Lipinski definition) is 1. The molecule has 0 aromatic heterocycles. The number of ether oxygens (including phenoxy) is 1. The number of halogens is 4. The maximum Gasteiger partial charge on any atom is 0.416 e. The topological polar surface area (TPSA) is 118 Å². The van der Waals surface area contributed by atoms with Crippen LogP contribution >= 0.6 is 11.6 Å². The van der Waals surface area contributed by atoms with E-state index >= 15 is 0 Å². The molecular weight excluding hydrogens is 469 g/mol. The molecule has 1 amide bonds. The summed E-state index contributed by atoms with van der Waals surface area (Å²) in [4.78, 5) is 31.1. The van der Waals surface area contributed by atoms with Gasteiger partial charge in [-0.05, 0) is 58.1 Å². The lowest BCUT2D eigenvalue weighted by molar-refractivity contribution is -0.345. The SMILES string of the molecule is CC(O)(COC(=O)N1CC=C(c2ccc(C(F)(F)F)cc2)CC1)CC1(Cl)N=CC([N+](=O)[O-])=N1. The van der Waals surface area contributed by atoms with Crippen molar-refractivity contribution < 1.29 is 32.7 Å². The van der Waals surface area contributed by atoms with Crippen molar-refractivity contribution in [3.8, 4) is 0 Å². The van der Waals surface area contributed by atoms with Gasteiger partial charge in [0.05, 0.1) is 12.0 Å². The Bertz CT molecular complexity index is 1020. The van der Waals surface area contributed by atoms with Crippen LogP contribution in [0.4, 0.5) is 18.0 Å². The smallest absolute Gasteiger partial charge is 0.416 e. The van der Waals surface area contributed by atoms with E-state index in [1.54, 1.807) is 6.08 Å². The molecule has 0 saturated carbocycles. The molecule has 2 unspecified atom stereocenters. The standard InChI is InChI=1S/C20H20ClF3N4O5/c1-18(30,11-19(21)25-10-16(26-19)28(31)32)12-33-17(29)27-8-6-14(7-9-27)13-2-4-15(5-3-13)20(22,23)24/h2-6,10,30H,7-9,11-12H2,1H3. The number of aliphatic imine (C=N–C) groups is 2. The molecule has 2 atom stereocenters. The van der Waals surface area contributed by atoms with Gasteiger partial charge in [0.2, 0.25) is 0 Å². The molecule has 2 heterocycles. The summed E-state index contributed by atoms with van der Waals surface area (Å²) in [6.45, 7) is 1.33. The Balaban J connectivity index is 1.53. The zero-order valence-electron chi connectivity index (χ0n) is 17.4. The van der Waals surface area contributed by atoms with Crippen LogP contribution in [-0.2, 0) is 10.9 Å². The molecule has 3 rings (SSSR count). The van der Waals surface area contributed by atoms with Crippen molar-refractivity contribution in [2.75, 3.05) is 19.7 Å². The molecule has 13 heteroatoms. The zero-order valence-corrected chi connectivity index (χ0v) is 18.1. The first kappa shape index (κ1) is 24.6. The highest BCUT2D eigenvalue weighted by molar-refractivity contribution is 6.33. The van der Waals surface area contributed by atoms with Crippen LogP contribution in [0.5, 0.6) is 0 Å². The van der Waals surface area contributed by atoms with Gasteiger partial charge in [-0.15, -0.1) is 0 Å². The van der Waals surface area contributed by atoms with Gasteiger partial charge < -0.3 is 24.9 Å². The molecule has 1 N–H and O–H groups in total. The number of benzene rings is 1. The number of nitro groups is 1. The number of amides is 1. The number of nitrogens with zero attached hydrogens (tertiary/aromatic N) is 4. The van der Waals surface area contributed by atoms with Crippen LogP contribution in [0.1, 0.15) is 30.9 Å². The highest BCUT2D eigenvalue weighted by atomic mass is 35.5. The minimum atomic E-state index is -4.41. The van der Waals surface area contributed by atoms with Crippen LogP contribution in [0.2, 0.25) is 0 Å². The Morgan fingerprint density at radius 1 is 1.36 bits per heavy atom. The lowest BCUT2D eigenvalue weighted by atomic mass is 9.98. The van der Waals surface area contributed by atoms with E-state index in [0.29, 0.717) is 12.0 Å². The third kappa shape index (κ3) is 6.29. The maximum absolute atomic E-state index is 12.7. The van der Waals surface area contributed by atoms with Crippen LogP contribution in [0, 0.1) is 10.1 Å². The van der Waals surface area contributed by atoms with Crippen molar-refractivity contribution in [3.63, 3.8) is 0 Å². The second-order valence-corrected chi connectivity index (χ2v) is 8.54. The average molecular weight is 489 g/mol. The summed E-state index contributed by atoms with van der Waals surface area (Å²) in [7, 11) is 0. The Morgan fingerprint density at radius 3 is 2.55 bits per heavy atom. The molecule has 9 nitrogen and oxygen atoms in total. The van der Waals surface area contributed by atoms with E-state index in [4.69, 9.17) is 16.3 Å². The van der Waals surface area contributed by atoms with Crippen molar-refractivity contribution in [3.05, 3.63) is 51.6 Å². The molecule has 0 aliphatic carbocycles. The van der Waals surface area contributed by atoms with E-state index in [1.807, 2.05) is 0 Å². The summed E-state index contributed by atoms with van der Waals surface area (Å²) >= 11 is 6.10. The van der Waals surface area contributed by atoms with Gasteiger partial charge in [-0.25, -0.2) is 9.79 Å². The molecular formula is C20H20ClF3N4O5. The first-order valence-corrected chi connectivity index (χ1v) is 10.1. The van der Waals surface area contributed by atoms with Crippen molar-refractivity contribution in [1.29, 1.82) is 0 Å². The number of carbonyl (C=O) groups is 1. The van der Waals surface area contributed by atoms with Crippen molar-refractivity contribution in [2.24, 2.45) is 9.98 Å². The first-order chi connectivity index (χ1) is 15.3. The number of amidine groups is 1. The molecule has 1 aromatic rings. The Hall–Kier alpha value is -2.99. The third-order valence-corrected chi connectivity index (χ3v) is 5.33. The highest BCUT2D eigenvalue weighted by Crippen LogP contribution is 2.33. The predicted octanol–water partition coefficient (Wildman–Crippen LogP) is 3.72. The van der Waals surface area contributed by atoms with Gasteiger partial charge in [-0.3, -0.25) is 0 Å². The van der Waals surface area contributed by atoms with Gasteiger partial charge >= 0.3 is 23.2 Å². The van der Waals surface area contributed by atoms with Crippen LogP contribution in [-0.4, -0.2) is 63.5 Å². The fraction of sp³-hybridized carbons (Fsp3) is 0.450. The van der Waals surface area contributed by atoms with Crippen molar-refractivity contribution in [1.82, 2.24) is 4.90 Å². The lowest BCUT2D eigenvalue weighted by Crippen LogP contribution is -2.41. The molecule has 0 bridgehead atoms. The normalized spacial score (nSPS) is 22.4. The molecule has 0 fully saturated rings. The minimum Gasteiger partial charge on any atom is -0.446 e. The van der Waals surface area contributed by atoms with Gasteiger partial charge in [0.15, 0.2) is 0 Å². The van der Waals surface area contributed by atoms with Crippen LogP contribution in [0.3, 0.4) is 0 Å². The summed E-state index contributed by atoms with van der Waals surface area (Å²) < 4.78 is 43.3. The van der Waals surface area contributed by atoms with E-state index in [-0.39, 0.29) is 19.5 Å². The van der Waals surface area contributed by atoms with Gasteiger partial charge in [-0.2, -0.15) is 13.2 Å². The number of hydrogen-bond acceptors (Lipinski definition) is 7. The highest BCUT2D eigenvalue weighted by Gasteiger charge is 2.45. The third-order valence-electron chi connectivity index (χ3n) is 5.01. The number of alkyl halides is 4. The summed E-state index contributed by atoms with van der Waals surface area (Å²) in [5.74, 6) is -0.540. The fourth-order valence-corrected chi connectivity index (χ4v) is 3.80. The lowest BCUT2D eigenvalue weighted by Gasteiger charge is -2.29. The van der Waals surface area contributed by atoms with Gasteiger partial charge in [-0.1, -0.05) is 18.2 Å². The number of rotatable bonds is 5. The van der Waals surface area contributed by atoms with Crippen LogP contribution < -0.4 is 0 Å². The van der Waals surface area contributed by atoms with E-state index in [9.17, 15) is 33.2 Å². The molecule has 178 valence electrons. The van der Waals surface area contributed by atoms with Gasteiger partial charge in [0.1, 0.15) is 18.4 Å². The van der Waals surface area contributed by atoms with Crippen LogP contribution in [0.25, 0.3) is 5.57 Å². The van der Waals surface area contributed by atoms with E-state index in [0.717, 1.165) is 23.9 Å². The predicted molar refractivity (Wildman–Crippen MR) is 114 cm³/mol. The summed E-state index contributed by atoms with van der Waals surface area (Å²) in [5, 5.41) is 19.5. The molecule has 2 aliphatic heterocycles. The van der Waals surface area contributed by atoms with Crippen molar-refractivity contribution >= 4 is 35.3 Å². The second-order valence-electron chi connectivity index (χ2n) is 7.93. The zero-order chi connectivity index (χ0) is 24.4. The van der Waals surface area contributed by atoms with Gasteiger partial charge in [0, 0.05) is 13.1 Å². The fourth-order valence-electron chi connectivity index (χ4n) is 3.38. The van der Waals surface area contributed by atoms with E-state index < -0.39 is 45.9 Å². The summed E-state index contributed by atoms with van der Waals surface area (Å²) in [5.41, 5.74) is -0.954. The molecule has 2 aliphatic rings. The average Bonchev–Trinajstić information content (AvgIpc) is 3.13. The molecule has 0 saturated heterocycles. The largest absolute Gasteiger partial charge is 0.446 e. The van der Waals surface area contributed by atoms with Crippen molar-refractivity contribution in [2.45, 2.75) is 36.7 Å². The van der Waals surface area contributed by atoms with Gasteiger partial charge in [0.25, 0.3) is 0 Å². The second kappa shape index (κ2) is 9.10. The summed E-state index contributed by atoms with van der Waals surface area (Å²) in [6, 6.07) is 4.80. The number of carbonyl (C=O) groups excluding carboxylic acids is 1. The van der Waals surface area contributed by atoms with Crippen LogP contribution in [0.15, 0.2) is 40.3 Å². The quantitative estimate of drug-likeness (QED) is 0.293. The monoisotopic (exact) mass is 488 g/mol. The minimum absolute atomic E-state index is 0.178. The molecule has 33 heavy (non-hydrogen) atoms. The molecule has 0 spiro atoms. The Morgan fingerprint density at radius 2 is 2.03 bits per heavy atom. The summed E-state index contributed by atoms with van der Waals surface area (Å²) in [6.07, 6.45) is -2.42. The maximum atomic E-state index is 12.7. The molecule has 0 radical (unpaired) electrons.